The fourth-order valence-electron chi connectivity index (χ4n) is 1.94. The lowest BCUT2D eigenvalue weighted by Gasteiger charge is -2.08. The van der Waals surface area contributed by atoms with Gasteiger partial charge >= 0.3 is 0 Å². The van der Waals surface area contributed by atoms with Crippen molar-refractivity contribution in [3.63, 3.8) is 0 Å². The van der Waals surface area contributed by atoms with Crippen LogP contribution in [-0.4, -0.2) is 20.3 Å². The normalized spacial score (nSPS) is 10.4. The van der Waals surface area contributed by atoms with Gasteiger partial charge in [0.15, 0.2) is 0 Å². The van der Waals surface area contributed by atoms with Crippen LogP contribution in [0.25, 0.3) is 0 Å². The van der Waals surface area contributed by atoms with Gasteiger partial charge in [0.2, 0.25) is 0 Å². The molecular weight excluding hydrogens is 250 g/mol. The molecule has 0 radical (unpaired) electrons. The molecule has 0 bridgehead atoms. The fraction of sp³-hybridized carbons (Fsp3) is 0.294. The van der Waals surface area contributed by atoms with E-state index in [0.29, 0.717) is 13.2 Å². The highest BCUT2D eigenvalue weighted by Gasteiger charge is 1.97. The predicted molar refractivity (Wildman–Crippen MR) is 80.8 cm³/mol. The first-order valence-electron chi connectivity index (χ1n) is 6.84. The van der Waals surface area contributed by atoms with Gasteiger partial charge in [0.25, 0.3) is 0 Å². The van der Waals surface area contributed by atoms with Crippen molar-refractivity contribution < 1.29 is 9.47 Å². The van der Waals surface area contributed by atoms with E-state index in [9.17, 15) is 0 Å². The number of rotatable bonds is 8. The van der Waals surface area contributed by atoms with Crippen LogP contribution in [0.2, 0.25) is 0 Å². The molecule has 0 aliphatic heterocycles. The highest BCUT2D eigenvalue weighted by atomic mass is 16.5. The molecule has 0 aliphatic rings. The van der Waals surface area contributed by atoms with Crippen molar-refractivity contribution in [3.8, 4) is 5.75 Å². The van der Waals surface area contributed by atoms with Gasteiger partial charge in [-0.05, 0) is 23.3 Å². The Labute approximate surface area is 120 Å². The zero-order valence-electron chi connectivity index (χ0n) is 11.8. The summed E-state index contributed by atoms with van der Waals surface area (Å²) in [6, 6.07) is 18.5. The van der Waals surface area contributed by atoms with E-state index in [1.165, 1.54) is 11.1 Å². The van der Waals surface area contributed by atoms with E-state index < -0.39 is 0 Å². The van der Waals surface area contributed by atoms with Crippen LogP contribution in [0.5, 0.6) is 5.75 Å². The summed E-state index contributed by atoms with van der Waals surface area (Å²) in [6.45, 7) is 2.89. The maximum atomic E-state index is 5.60. The minimum atomic E-state index is 0.581. The number of ether oxygens (including phenoxy) is 2. The smallest absolute Gasteiger partial charge is 0.119 e. The Kier molecular flexibility index (Phi) is 6.08. The van der Waals surface area contributed by atoms with E-state index in [1.807, 2.05) is 18.2 Å². The van der Waals surface area contributed by atoms with E-state index in [4.69, 9.17) is 9.47 Å². The van der Waals surface area contributed by atoms with Crippen molar-refractivity contribution in [2.45, 2.75) is 13.1 Å². The second kappa shape index (κ2) is 8.35. The minimum Gasteiger partial charge on any atom is -0.491 e. The average molecular weight is 271 g/mol. The zero-order valence-corrected chi connectivity index (χ0v) is 11.8. The molecule has 3 heteroatoms. The molecule has 0 amide bonds. The first-order valence-corrected chi connectivity index (χ1v) is 6.84. The lowest BCUT2D eigenvalue weighted by atomic mass is 10.2. The molecular formula is C17H21NO2. The molecule has 0 aromatic heterocycles. The molecule has 2 aromatic carbocycles. The van der Waals surface area contributed by atoms with Gasteiger partial charge in [-0.25, -0.2) is 0 Å². The number of hydrogen-bond donors (Lipinski definition) is 1. The summed E-state index contributed by atoms with van der Waals surface area (Å²) in [5.74, 6) is 0.890. The van der Waals surface area contributed by atoms with Gasteiger partial charge in [-0.3, -0.25) is 0 Å². The zero-order chi connectivity index (χ0) is 14.0. The molecule has 0 atom stereocenters. The molecule has 3 nitrogen and oxygen atoms in total. The van der Waals surface area contributed by atoms with Crippen molar-refractivity contribution in [2.75, 3.05) is 20.3 Å². The topological polar surface area (TPSA) is 30.5 Å². The minimum absolute atomic E-state index is 0.581. The van der Waals surface area contributed by atoms with Crippen molar-refractivity contribution in [1.29, 1.82) is 0 Å². The number of benzene rings is 2. The predicted octanol–water partition coefficient (Wildman–Crippen LogP) is 3.00. The Morgan fingerprint density at radius 1 is 0.850 bits per heavy atom. The molecule has 0 saturated heterocycles. The quantitative estimate of drug-likeness (QED) is 0.749. The Morgan fingerprint density at radius 3 is 2.40 bits per heavy atom. The molecule has 106 valence electrons. The number of methoxy groups -OCH3 is 1. The van der Waals surface area contributed by atoms with Gasteiger partial charge in [-0.15, -0.1) is 0 Å². The molecule has 0 unspecified atom stereocenters. The molecule has 0 spiro atoms. The van der Waals surface area contributed by atoms with Crippen molar-refractivity contribution in [2.24, 2.45) is 0 Å². The van der Waals surface area contributed by atoms with Crippen LogP contribution in [0.15, 0.2) is 54.6 Å². The van der Waals surface area contributed by atoms with E-state index in [1.54, 1.807) is 7.11 Å². The summed E-state index contributed by atoms with van der Waals surface area (Å²) in [5, 5.41) is 3.43. The van der Waals surface area contributed by atoms with Crippen molar-refractivity contribution >= 4 is 0 Å². The van der Waals surface area contributed by atoms with Crippen LogP contribution in [0, 0.1) is 0 Å². The largest absolute Gasteiger partial charge is 0.491 e. The van der Waals surface area contributed by atoms with Crippen LogP contribution in [0.1, 0.15) is 11.1 Å². The van der Waals surface area contributed by atoms with Crippen LogP contribution in [-0.2, 0) is 17.8 Å². The highest BCUT2D eigenvalue weighted by molar-refractivity contribution is 5.28. The first kappa shape index (κ1) is 14.6. The fourth-order valence-corrected chi connectivity index (χ4v) is 1.94. The van der Waals surface area contributed by atoms with Gasteiger partial charge in [-0.1, -0.05) is 42.5 Å². The summed E-state index contributed by atoms with van der Waals surface area (Å²) in [6.07, 6.45) is 0. The van der Waals surface area contributed by atoms with Gasteiger partial charge in [-0.2, -0.15) is 0 Å². The lowest BCUT2D eigenvalue weighted by Crippen LogP contribution is -2.12. The average Bonchev–Trinajstić information content (AvgIpc) is 2.49. The van der Waals surface area contributed by atoms with Crippen LogP contribution >= 0.6 is 0 Å². The molecule has 2 aromatic rings. The Balaban J connectivity index is 1.79. The third-order valence-electron chi connectivity index (χ3n) is 2.96. The monoisotopic (exact) mass is 271 g/mol. The molecule has 2 rings (SSSR count). The Morgan fingerprint density at radius 2 is 1.60 bits per heavy atom. The van der Waals surface area contributed by atoms with Gasteiger partial charge in [0.1, 0.15) is 12.4 Å². The second-order valence-electron chi connectivity index (χ2n) is 4.58. The maximum absolute atomic E-state index is 5.60. The van der Waals surface area contributed by atoms with Crippen LogP contribution < -0.4 is 10.1 Å². The third kappa shape index (κ3) is 5.03. The third-order valence-corrected chi connectivity index (χ3v) is 2.96. The molecule has 0 fully saturated rings. The summed E-state index contributed by atoms with van der Waals surface area (Å²) in [7, 11) is 1.67. The van der Waals surface area contributed by atoms with E-state index >= 15 is 0 Å². The Bertz CT molecular complexity index is 499. The molecule has 1 N–H and O–H groups in total. The molecule has 0 heterocycles. The van der Waals surface area contributed by atoms with E-state index in [-0.39, 0.29) is 0 Å². The molecule has 0 saturated carbocycles. The maximum Gasteiger partial charge on any atom is 0.119 e. The molecule has 20 heavy (non-hydrogen) atoms. The van der Waals surface area contributed by atoms with Gasteiger partial charge in [0, 0.05) is 20.2 Å². The van der Waals surface area contributed by atoms with E-state index in [2.05, 4.69) is 41.7 Å². The number of hydrogen-bond acceptors (Lipinski definition) is 3. The standard InChI is InChI=1S/C17H21NO2/c1-19-10-11-20-17-9-5-8-16(12-17)14-18-13-15-6-3-2-4-7-15/h2-9,12,18H,10-11,13-14H2,1H3. The first-order chi connectivity index (χ1) is 9.88. The lowest BCUT2D eigenvalue weighted by molar-refractivity contribution is 0.146. The van der Waals surface area contributed by atoms with Crippen molar-refractivity contribution in [1.82, 2.24) is 5.32 Å². The second-order valence-corrected chi connectivity index (χ2v) is 4.58. The van der Waals surface area contributed by atoms with Gasteiger partial charge < -0.3 is 14.8 Å². The van der Waals surface area contributed by atoms with Crippen LogP contribution in [0.4, 0.5) is 0 Å². The SMILES string of the molecule is COCCOc1cccc(CNCc2ccccc2)c1. The van der Waals surface area contributed by atoms with Crippen molar-refractivity contribution in [3.05, 3.63) is 65.7 Å². The highest BCUT2D eigenvalue weighted by Crippen LogP contribution is 2.13. The summed E-state index contributed by atoms with van der Waals surface area (Å²) < 4.78 is 10.6. The van der Waals surface area contributed by atoms with Gasteiger partial charge in [0.05, 0.1) is 6.61 Å². The Hall–Kier alpha value is -1.84. The summed E-state index contributed by atoms with van der Waals surface area (Å²) >= 11 is 0. The summed E-state index contributed by atoms with van der Waals surface area (Å²) in [4.78, 5) is 0. The summed E-state index contributed by atoms with van der Waals surface area (Å²) in [5.41, 5.74) is 2.51. The van der Waals surface area contributed by atoms with Crippen LogP contribution in [0.3, 0.4) is 0 Å². The van der Waals surface area contributed by atoms with E-state index in [0.717, 1.165) is 18.8 Å². The molecule has 0 aliphatic carbocycles. The number of nitrogens with one attached hydrogen (secondary N) is 1.